The topological polar surface area (TPSA) is 69.4 Å². The summed E-state index contributed by atoms with van der Waals surface area (Å²) in [5.41, 5.74) is 8.09. The van der Waals surface area contributed by atoms with E-state index in [0.717, 1.165) is 5.56 Å². The van der Waals surface area contributed by atoms with E-state index in [2.05, 4.69) is 0 Å². The van der Waals surface area contributed by atoms with Gasteiger partial charge in [-0.2, -0.15) is 0 Å². The van der Waals surface area contributed by atoms with Gasteiger partial charge >= 0.3 is 11.9 Å². The van der Waals surface area contributed by atoms with E-state index in [9.17, 15) is 9.59 Å². The molecule has 0 bridgehead atoms. The van der Waals surface area contributed by atoms with Gasteiger partial charge < -0.3 is 10.5 Å². The van der Waals surface area contributed by atoms with Gasteiger partial charge in [-0.25, -0.2) is 9.59 Å². The molecule has 24 heavy (non-hydrogen) atoms. The Hall–Kier alpha value is -3.40. The van der Waals surface area contributed by atoms with E-state index in [4.69, 9.17) is 10.5 Å². The molecule has 2 N–H and O–H groups in total. The maximum Gasteiger partial charge on any atom is 0.348 e. The Morgan fingerprint density at radius 3 is 1.92 bits per heavy atom. The fourth-order valence-corrected chi connectivity index (χ4v) is 2.41. The summed E-state index contributed by atoms with van der Waals surface area (Å²) < 4.78 is 5.01. The summed E-state index contributed by atoms with van der Waals surface area (Å²) >= 11 is 0. The number of benzene rings is 3. The summed E-state index contributed by atoms with van der Waals surface area (Å²) in [5, 5.41) is 0. The first-order valence-electron chi connectivity index (χ1n) is 7.42. The van der Waals surface area contributed by atoms with Crippen LogP contribution in [-0.4, -0.2) is 11.9 Å². The molecular weight excluding hydrogens is 302 g/mol. The van der Waals surface area contributed by atoms with Crippen LogP contribution in [0, 0.1) is 0 Å². The van der Waals surface area contributed by atoms with Gasteiger partial charge in [0.25, 0.3) is 0 Å². The standard InChI is InChI=1S/C20H15NO3/c21-18-13-7-6-12-17(18)20(23)24-19(22)16-11-5-4-10-15(16)14-8-2-1-3-9-14/h1-13H,21H2. The van der Waals surface area contributed by atoms with E-state index in [-0.39, 0.29) is 11.3 Å². The highest BCUT2D eigenvalue weighted by molar-refractivity contribution is 6.07. The van der Waals surface area contributed by atoms with Crippen LogP contribution in [0.2, 0.25) is 0 Å². The van der Waals surface area contributed by atoms with Crippen LogP contribution < -0.4 is 5.73 Å². The van der Waals surface area contributed by atoms with Crippen molar-refractivity contribution in [2.45, 2.75) is 0 Å². The molecule has 118 valence electrons. The number of carbonyl (C=O) groups excluding carboxylic acids is 2. The third-order valence-corrected chi connectivity index (χ3v) is 3.60. The van der Waals surface area contributed by atoms with Crippen molar-refractivity contribution in [3.63, 3.8) is 0 Å². The highest BCUT2D eigenvalue weighted by Gasteiger charge is 2.19. The predicted molar refractivity (Wildman–Crippen MR) is 92.5 cm³/mol. The second-order valence-electron chi connectivity index (χ2n) is 5.18. The van der Waals surface area contributed by atoms with E-state index in [1.807, 2.05) is 42.5 Å². The van der Waals surface area contributed by atoms with Crippen molar-refractivity contribution in [2.24, 2.45) is 0 Å². The molecule has 3 rings (SSSR count). The number of ether oxygens (including phenoxy) is 1. The van der Waals surface area contributed by atoms with E-state index in [1.165, 1.54) is 6.07 Å². The number of para-hydroxylation sites is 1. The average molecular weight is 317 g/mol. The average Bonchev–Trinajstić information content (AvgIpc) is 2.62. The Labute approximate surface area is 139 Å². The van der Waals surface area contributed by atoms with Gasteiger partial charge in [0, 0.05) is 5.69 Å². The first kappa shape index (κ1) is 15.5. The number of anilines is 1. The summed E-state index contributed by atoms with van der Waals surface area (Å²) in [4.78, 5) is 24.6. The monoisotopic (exact) mass is 317 g/mol. The highest BCUT2D eigenvalue weighted by Crippen LogP contribution is 2.24. The zero-order chi connectivity index (χ0) is 16.9. The Morgan fingerprint density at radius 1 is 0.667 bits per heavy atom. The van der Waals surface area contributed by atoms with Crippen molar-refractivity contribution in [1.82, 2.24) is 0 Å². The summed E-state index contributed by atoms with van der Waals surface area (Å²) in [6, 6.07) is 22.9. The van der Waals surface area contributed by atoms with Crippen LogP contribution in [-0.2, 0) is 4.74 Å². The molecule has 3 aromatic carbocycles. The second-order valence-corrected chi connectivity index (χ2v) is 5.18. The van der Waals surface area contributed by atoms with Crippen molar-refractivity contribution in [3.8, 4) is 11.1 Å². The Bertz CT molecular complexity index is 888. The van der Waals surface area contributed by atoms with Crippen LogP contribution in [0.1, 0.15) is 20.7 Å². The fraction of sp³-hybridized carbons (Fsp3) is 0. The lowest BCUT2D eigenvalue weighted by Gasteiger charge is -2.09. The first-order chi connectivity index (χ1) is 11.7. The summed E-state index contributed by atoms with van der Waals surface area (Å²) in [7, 11) is 0. The van der Waals surface area contributed by atoms with Crippen molar-refractivity contribution in [3.05, 3.63) is 90.0 Å². The lowest BCUT2D eigenvalue weighted by molar-refractivity contribution is 0.0399. The summed E-state index contributed by atoms with van der Waals surface area (Å²) in [6.07, 6.45) is 0. The van der Waals surface area contributed by atoms with E-state index in [1.54, 1.807) is 30.3 Å². The predicted octanol–water partition coefficient (Wildman–Crippen LogP) is 3.93. The largest absolute Gasteiger partial charge is 0.398 e. The molecule has 0 aliphatic rings. The van der Waals surface area contributed by atoms with E-state index in [0.29, 0.717) is 11.1 Å². The van der Waals surface area contributed by atoms with Gasteiger partial charge in [0.1, 0.15) is 0 Å². The van der Waals surface area contributed by atoms with Crippen molar-refractivity contribution in [2.75, 3.05) is 5.73 Å². The number of esters is 2. The molecule has 0 unspecified atom stereocenters. The lowest BCUT2D eigenvalue weighted by Crippen LogP contribution is -2.15. The van der Waals surface area contributed by atoms with Crippen LogP contribution in [0.5, 0.6) is 0 Å². The minimum absolute atomic E-state index is 0.169. The van der Waals surface area contributed by atoms with Gasteiger partial charge in [-0.1, -0.05) is 60.7 Å². The number of rotatable bonds is 3. The number of nitrogens with two attached hydrogens (primary N) is 1. The molecule has 4 heteroatoms. The molecule has 0 aliphatic carbocycles. The normalized spacial score (nSPS) is 10.2. The number of hydrogen-bond donors (Lipinski definition) is 1. The molecule has 0 aromatic heterocycles. The Balaban J connectivity index is 1.89. The molecule has 0 amide bonds. The minimum atomic E-state index is -0.763. The Kier molecular flexibility index (Phi) is 4.38. The molecule has 0 aliphatic heterocycles. The van der Waals surface area contributed by atoms with Crippen LogP contribution in [0.25, 0.3) is 11.1 Å². The molecule has 0 spiro atoms. The summed E-state index contributed by atoms with van der Waals surface area (Å²) in [5.74, 6) is -1.47. The fourth-order valence-electron chi connectivity index (χ4n) is 2.41. The molecule has 4 nitrogen and oxygen atoms in total. The van der Waals surface area contributed by atoms with Crippen molar-refractivity contribution < 1.29 is 14.3 Å². The maximum absolute atomic E-state index is 12.4. The van der Waals surface area contributed by atoms with Crippen LogP contribution in [0.15, 0.2) is 78.9 Å². The van der Waals surface area contributed by atoms with Gasteiger partial charge in [-0.15, -0.1) is 0 Å². The second kappa shape index (κ2) is 6.79. The van der Waals surface area contributed by atoms with Crippen LogP contribution in [0.4, 0.5) is 5.69 Å². The molecule has 0 heterocycles. The van der Waals surface area contributed by atoms with Gasteiger partial charge in [0.2, 0.25) is 0 Å². The van der Waals surface area contributed by atoms with Gasteiger partial charge in [-0.3, -0.25) is 0 Å². The first-order valence-corrected chi connectivity index (χ1v) is 7.42. The number of carbonyl (C=O) groups is 2. The van der Waals surface area contributed by atoms with Gasteiger partial charge in [0.05, 0.1) is 11.1 Å². The third kappa shape index (κ3) is 3.17. The van der Waals surface area contributed by atoms with Crippen LogP contribution >= 0.6 is 0 Å². The zero-order valence-corrected chi connectivity index (χ0v) is 12.8. The summed E-state index contributed by atoms with van der Waals surface area (Å²) in [6.45, 7) is 0. The minimum Gasteiger partial charge on any atom is -0.398 e. The van der Waals surface area contributed by atoms with Crippen molar-refractivity contribution in [1.29, 1.82) is 0 Å². The van der Waals surface area contributed by atoms with E-state index >= 15 is 0 Å². The smallest absolute Gasteiger partial charge is 0.348 e. The number of hydrogen-bond acceptors (Lipinski definition) is 4. The molecule has 0 atom stereocenters. The zero-order valence-electron chi connectivity index (χ0n) is 12.8. The molecule has 0 saturated carbocycles. The number of nitrogen functional groups attached to an aromatic ring is 1. The molecule has 0 saturated heterocycles. The molecule has 3 aromatic rings. The molecule has 0 radical (unpaired) electrons. The Morgan fingerprint density at radius 2 is 1.21 bits per heavy atom. The highest BCUT2D eigenvalue weighted by atomic mass is 16.6. The van der Waals surface area contributed by atoms with Gasteiger partial charge in [-0.05, 0) is 29.3 Å². The lowest BCUT2D eigenvalue weighted by atomic mass is 10.00. The molecular formula is C20H15NO3. The SMILES string of the molecule is Nc1ccccc1C(=O)OC(=O)c1ccccc1-c1ccccc1. The van der Waals surface area contributed by atoms with Gasteiger partial charge in [0.15, 0.2) is 0 Å². The van der Waals surface area contributed by atoms with E-state index < -0.39 is 11.9 Å². The van der Waals surface area contributed by atoms with Crippen LogP contribution in [0.3, 0.4) is 0 Å². The third-order valence-electron chi connectivity index (χ3n) is 3.60. The maximum atomic E-state index is 12.4. The molecule has 0 fully saturated rings. The quantitative estimate of drug-likeness (QED) is 0.451. The van der Waals surface area contributed by atoms with Crippen molar-refractivity contribution >= 4 is 17.6 Å².